The fraction of sp³-hybridized carbons (Fsp3) is 0.0952. The van der Waals surface area contributed by atoms with E-state index in [4.69, 9.17) is 14.6 Å². The van der Waals surface area contributed by atoms with Crippen molar-refractivity contribution in [3.8, 4) is 16.9 Å². The number of nitrogens with zero attached hydrogens (tertiary/aromatic N) is 1. The standard InChI is InChI=1S/C19H17N3O2.C2HF3O2/c1-24-18-4-2-3-14(11-18)5-10-19(23)22-17-8-6-15(7-9-17)16-12-20-21-13-16;3-2(4,5)1(6)7/h2-13H,1H3,(H,20,21)(H,22,23);(H,6,7)/b10-5+;. The van der Waals surface area contributed by atoms with Crippen molar-refractivity contribution < 1.29 is 32.6 Å². The van der Waals surface area contributed by atoms with E-state index in [2.05, 4.69) is 15.5 Å². The number of amides is 1. The molecule has 0 aliphatic carbocycles. The number of carboxylic acids is 1. The Bertz CT molecular complexity index is 1030. The average Bonchev–Trinajstić information content (AvgIpc) is 3.28. The van der Waals surface area contributed by atoms with E-state index in [1.807, 2.05) is 54.7 Å². The molecule has 0 saturated heterocycles. The van der Waals surface area contributed by atoms with E-state index in [0.717, 1.165) is 28.1 Å². The summed E-state index contributed by atoms with van der Waals surface area (Å²) in [6.45, 7) is 0. The molecule has 0 radical (unpaired) electrons. The van der Waals surface area contributed by atoms with Crippen LogP contribution in [0, 0.1) is 0 Å². The number of H-pyrrole nitrogens is 1. The molecule has 7 nitrogen and oxygen atoms in total. The van der Waals surface area contributed by atoms with Gasteiger partial charge in [0.1, 0.15) is 5.75 Å². The summed E-state index contributed by atoms with van der Waals surface area (Å²) in [5.41, 5.74) is 3.68. The third kappa shape index (κ3) is 7.69. The van der Waals surface area contributed by atoms with Gasteiger partial charge in [0.25, 0.3) is 0 Å². The molecule has 10 heteroatoms. The van der Waals surface area contributed by atoms with Crippen LogP contribution in [-0.4, -0.2) is 40.5 Å². The van der Waals surface area contributed by atoms with Gasteiger partial charge in [-0.25, -0.2) is 4.79 Å². The molecular weight excluding hydrogens is 415 g/mol. The topological polar surface area (TPSA) is 104 Å². The predicted octanol–water partition coefficient (Wildman–Crippen LogP) is 4.37. The summed E-state index contributed by atoms with van der Waals surface area (Å²) in [7, 11) is 1.61. The monoisotopic (exact) mass is 433 g/mol. The van der Waals surface area contributed by atoms with Crippen LogP contribution >= 0.6 is 0 Å². The van der Waals surface area contributed by atoms with Gasteiger partial charge in [0.05, 0.1) is 13.3 Å². The average molecular weight is 433 g/mol. The van der Waals surface area contributed by atoms with Crippen molar-refractivity contribution in [2.45, 2.75) is 6.18 Å². The molecule has 162 valence electrons. The molecule has 3 N–H and O–H groups in total. The molecule has 31 heavy (non-hydrogen) atoms. The maximum atomic E-state index is 12.0. The Morgan fingerprint density at radius 3 is 2.35 bits per heavy atom. The van der Waals surface area contributed by atoms with Gasteiger partial charge in [-0.15, -0.1) is 0 Å². The van der Waals surface area contributed by atoms with Gasteiger partial charge in [-0.2, -0.15) is 18.3 Å². The molecule has 0 atom stereocenters. The number of rotatable bonds is 5. The Labute approximate surface area is 175 Å². The second-order valence-corrected chi connectivity index (χ2v) is 5.97. The number of nitrogens with one attached hydrogen (secondary N) is 2. The van der Waals surface area contributed by atoms with Crippen molar-refractivity contribution in [2.24, 2.45) is 0 Å². The van der Waals surface area contributed by atoms with Gasteiger partial charge in [0.2, 0.25) is 5.91 Å². The Kier molecular flexibility index (Phi) is 7.95. The number of alkyl halides is 3. The number of anilines is 1. The highest BCUT2D eigenvalue weighted by Gasteiger charge is 2.38. The highest BCUT2D eigenvalue weighted by Crippen LogP contribution is 2.20. The van der Waals surface area contributed by atoms with E-state index in [9.17, 15) is 18.0 Å². The zero-order valence-electron chi connectivity index (χ0n) is 16.2. The molecule has 0 bridgehead atoms. The summed E-state index contributed by atoms with van der Waals surface area (Å²) < 4.78 is 36.9. The molecule has 0 spiro atoms. The van der Waals surface area contributed by atoms with E-state index in [1.165, 1.54) is 6.08 Å². The first-order valence-electron chi connectivity index (χ1n) is 8.71. The minimum absolute atomic E-state index is 0.186. The maximum Gasteiger partial charge on any atom is 0.490 e. The van der Waals surface area contributed by atoms with Gasteiger partial charge >= 0.3 is 12.1 Å². The van der Waals surface area contributed by atoms with Crippen molar-refractivity contribution in [1.29, 1.82) is 0 Å². The fourth-order valence-electron chi connectivity index (χ4n) is 2.26. The third-order valence-electron chi connectivity index (χ3n) is 3.75. The molecule has 0 aliphatic rings. The van der Waals surface area contributed by atoms with Gasteiger partial charge in [0.15, 0.2) is 0 Å². The van der Waals surface area contributed by atoms with Crippen molar-refractivity contribution in [3.05, 3.63) is 72.6 Å². The number of aromatic nitrogens is 2. The number of carbonyl (C=O) groups excluding carboxylic acids is 1. The minimum Gasteiger partial charge on any atom is -0.497 e. The minimum atomic E-state index is -5.08. The highest BCUT2D eigenvalue weighted by atomic mass is 19.4. The SMILES string of the molecule is COc1cccc(/C=C/C(=O)Nc2ccc(-c3cn[nH]c3)cc2)c1.O=C(O)C(F)(F)F. The lowest BCUT2D eigenvalue weighted by atomic mass is 10.1. The number of carboxylic acid groups (broad SMARTS) is 1. The summed E-state index contributed by atoms with van der Waals surface area (Å²) in [6.07, 6.45) is 1.74. The number of carbonyl (C=O) groups is 2. The fourth-order valence-corrected chi connectivity index (χ4v) is 2.26. The predicted molar refractivity (Wildman–Crippen MR) is 108 cm³/mol. The molecule has 0 unspecified atom stereocenters. The smallest absolute Gasteiger partial charge is 0.490 e. The van der Waals surface area contributed by atoms with Gasteiger partial charge in [-0.1, -0.05) is 24.3 Å². The van der Waals surface area contributed by atoms with Crippen molar-refractivity contribution in [3.63, 3.8) is 0 Å². The first-order valence-corrected chi connectivity index (χ1v) is 8.71. The molecule has 1 heterocycles. The number of halogens is 3. The summed E-state index contributed by atoms with van der Waals surface area (Å²) in [6, 6.07) is 15.1. The van der Waals surface area contributed by atoms with Crippen LogP contribution in [0.5, 0.6) is 5.75 Å². The summed E-state index contributed by atoms with van der Waals surface area (Å²) in [4.78, 5) is 20.9. The van der Waals surface area contributed by atoms with Crippen molar-refractivity contribution >= 4 is 23.6 Å². The summed E-state index contributed by atoms with van der Waals surface area (Å²) in [5.74, 6) is -2.19. The zero-order chi connectivity index (χ0) is 22.9. The van der Waals surface area contributed by atoms with E-state index >= 15 is 0 Å². The van der Waals surface area contributed by atoms with Gasteiger partial charge in [0, 0.05) is 23.5 Å². The molecule has 0 aliphatic heterocycles. The largest absolute Gasteiger partial charge is 0.497 e. The maximum absolute atomic E-state index is 12.0. The molecule has 0 saturated carbocycles. The molecular formula is C21H18F3N3O4. The lowest BCUT2D eigenvalue weighted by molar-refractivity contribution is -0.192. The molecule has 2 aromatic carbocycles. The van der Waals surface area contributed by atoms with E-state index in [1.54, 1.807) is 19.4 Å². The van der Waals surface area contributed by atoms with Crippen LogP contribution in [0.4, 0.5) is 18.9 Å². The lowest BCUT2D eigenvalue weighted by Gasteiger charge is -2.04. The highest BCUT2D eigenvalue weighted by molar-refractivity contribution is 6.02. The number of aromatic amines is 1. The van der Waals surface area contributed by atoms with Crippen LogP contribution < -0.4 is 10.1 Å². The molecule has 0 fully saturated rings. The zero-order valence-corrected chi connectivity index (χ0v) is 16.2. The van der Waals surface area contributed by atoms with Crippen molar-refractivity contribution in [1.82, 2.24) is 10.2 Å². The van der Waals surface area contributed by atoms with Crippen LogP contribution in [-0.2, 0) is 9.59 Å². The van der Waals surface area contributed by atoms with E-state index < -0.39 is 12.1 Å². The van der Waals surface area contributed by atoms with Crippen LogP contribution in [0.15, 0.2) is 67.0 Å². The second kappa shape index (κ2) is 10.6. The van der Waals surface area contributed by atoms with Crippen LogP contribution in [0.1, 0.15) is 5.56 Å². The first-order chi connectivity index (χ1) is 14.7. The molecule has 1 amide bonds. The summed E-state index contributed by atoms with van der Waals surface area (Å²) in [5, 5.41) is 16.7. The number of aliphatic carboxylic acids is 1. The van der Waals surface area contributed by atoms with E-state index in [-0.39, 0.29) is 5.91 Å². The first kappa shape index (κ1) is 23.2. The van der Waals surface area contributed by atoms with Crippen LogP contribution in [0.3, 0.4) is 0 Å². The number of hydrogen-bond donors (Lipinski definition) is 3. The molecule has 3 rings (SSSR count). The van der Waals surface area contributed by atoms with Gasteiger partial charge < -0.3 is 15.2 Å². The lowest BCUT2D eigenvalue weighted by Crippen LogP contribution is -2.21. The Morgan fingerprint density at radius 2 is 1.81 bits per heavy atom. The van der Waals surface area contributed by atoms with Gasteiger partial charge in [-0.05, 0) is 41.5 Å². The third-order valence-corrected chi connectivity index (χ3v) is 3.75. The van der Waals surface area contributed by atoms with Crippen molar-refractivity contribution in [2.75, 3.05) is 12.4 Å². The van der Waals surface area contributed by atoms with E-state index in [0.29, 0.717) is 0 Å². The molecule has 1 aromatic heterocycles. The normalized spacial score (nSPS) is 10.8. The second-order valence-electron chi connectivity index (χ2n) is 5.97. The van der Waals surface area contributed by atoms with Gasteiger partial charge in [-0.3, -0.25) is 9.89 Å². The summed E-state index contributed by atoms with van der Waals surface area (Å²) >= 11 is 0. The number of ether oxygens (including phenoxy) is 1. The Morgan fingerprint density at radius 1 is 1.13 bits per heavy atom. The number of benzene rings is 2. The quantitative estimate of drug-likeness (QED) is 0.519. The number of methoxy groups -OCH3 is 1. The number of hydrogen-bond acceptors (Lipinski definition) is 4. The van der Waals surface area contributed by atoms with Crippen LogP contribution in [0.25, 0.3) is 17.2 Å². The Balaban J connectivity index is 0.000000423. The van der Waals surface area contributed by atoms with Crippen LogP contribution in [0.2, 0.25) is 0 Å². The Hall–Kier alpha value is -4.08. The molecule has 3 aromatic rings.